The van der Waals surface area contributed by atoms with Crippen LogP contribution in [-0.4, -0.2) is 17.0 Å². The molecule has 0 saturated carbocycles. The Balaban J connectivity index is 2.39. The molecule has 2 rings (SSSR count). The SMILES string of the molecule is Cc1ccc(-c2cc(NC(=O)C(C)C)c(C(=O)O)s2)cc1. The highest BCUT2D eigenvalue weighted by Gasteiger charge is 2.19. The number of thiophene rings is 1. The second-order valence-corrected chi connectivity index (χ2v) is 6.22. The van der Waals surface area contributed by atoms with Crippen LogP contribution >= 0.6 is 11.3 Å². The molecule has 1 heterocycles. The topological polar surface area (TPSA) is 66.4 Å². The summed E-state index contributed by atoms with van der Waals surface area (Å²) in [6, 6.07) is 9.56. The Morgan fingerprint density at radius 3 is 2.33 bits per heavy atom. The van der Waals surface area contributed by atoms with Gasteiger partial charge >= 0.3 is 5.97 Å². The van der Waals surface area contributed by atoms with E-state index in [0.29, 0.717) is 5.69 Å². The third-order valence-electron chi connectivity index (χ3n) is 3.04. The Morgan fingerprint density at radius 1 is 1.19 bits per heavy atom. The Bertz CT molecular complexity index is 671. The smallest absolute Gasteiger partial charge is 0.348 e. The van der Waals surface area contributed by atoms with Crippen molar-refractivity contribution >= 4 is 28.9 Å². The molecule has 0 bridgehead atoms. The summed E-state index contributed by atoms with van der Waals surface area (Å²) in [6.45, 7) is 5.53. The van der Waals surface area contributed by atoms with Crippen molar-refractivity contribution in [2.24, 2.45) is 5.92 Å². The molecule has 2 N–H and O–H groups in total. The highest BCUT2D eigenvalue weighted by Crippen LogP contribution is 2.35. The van der Waals surface area contributed by atoms with E-state index >= 15 is 0 Å². The van der Waals surface area contributed by atoms with Crippen LogP contribution < -0.4 is 5.32 Å². The molecular formula is C16H17NO3S. The predicted octanol–water partition coefficient (Wildman–Crippen LogP) is 4.02. The maximum Gasteiger partial charge on any atom is 0.348 e. The van der Waals surface area contributed by atoms with Gasteiger partial charge in [0.05, 0.1) is 5.69 Å². The third-order valence-corrected chi connectivity index (χ3v) is 4.22. The van der Waals surface area contributed by atoms with Gasteiger partial charge in [0.15, 0.2) is 0 Å². The van der Waals surface area contributed by atoms with Crippen molar-refractivity contribution in [2.75, 3.05) is 5.32 Å². The van der Waals surface area contributed by atoms with E-state index in [1.165, 1.54) is 11.3 Å². The van der Waals surface area contributed by atoms with Gasteiger partial charge in [-0.3, -0.25) is 4.79 Å². The normalized spacial score (nSPS) is 10.7. The lowest BCUT2D eigenvalue weighted by Gasteiger charge is -2.06. The Morgan fingerprint density at radius 2 is 1.81 bits per heavy atom. The summed E-state index contributed by atoms with van der Waals surface area (Å²) >= 11 is 1.17. The maximum absolute atomic E-state index is 11.8. The van der Waals surface area contributed by atoms with Gasteiger partial charge in [-0.1, -0.05) is 43.7 Å². The van der Waals surface area contributed by atoms with Crippen LogP contribution in [0.4, 0.5) is 5.69 Å². The second-order valence-electron chi connectivity index (χ2n) is 5.17. The molecule has 0 spiro atoms. The minimum absolute atomic E-state index is 0.152. The molecule has 4 nitrogen and oxygen atoms in total. The zero-order valence-corrected chi connectivity index (χ0v) is 13.0. The summed E-state index contributed by atoms with van der Waals surface area (Å²) in [5, 5.41) is 12.0. The highest BCUT2D eigenvalue weighted by atomic mass is 32.1. The number of hydrogen-bond acceptors (Lipinski definition) is 3. The fraction of sp³-hybridized carbons (Fsp3) is 0.250. The van der Waals surface area contributed by atoms with E-state index in [9.17, 15) is 14.7 Å². The maximum atomic E-state index is 11.8. The molecule has 1 amide bonds. The van der Waals surface area contributed by atoms with Gasteiger partial charge < -0.3 is 10.4 Å². The molecular weight excluding hydrogens is 286 g/mol. The first-order chi connectivity index (χ1) is 9.88. The number of rotatable bonds is 4. The van der Waals surface area contributed by atoms with Crippen LogP contribution in [0.1, 0.15) is 29.1 Å². The lowest BCUT2D eigenvalue weighted by atomic mass is 10.1. The molecule has 2 aromatic rings. The van der Waals surface area contributed by atoms with Crippen molar-refractivity contribution in [2.45, 2.75) is 20.8 Å². The van der Waals surface area contributed by atoms with Crippen molar-refractivity contribution in [3.05, 3.63) is 40.8 Å². The van der Waals surface area contributed by atoms with Gasteiger partial charge in [0.25, 0.3) is 0 Å². The monoisotopic (exact) mass is 303 g/mol. The van der Waals surface area contributed by atoms with Crippen molar-refractivity contribution in [1.82, 2.24) is 0 Å². The molecule has 0 aliphatic rings. The molecule has 0 saturated heterocycles. The summed E-state index contributed by atoms with van der Waals surface area (Å²) in [7, 11) is 0. The number of carboxylic acid groups (broad SMARTS) is 1. The van der Waals surface area contributed by atoms with Crippen LogP contribution in [0.15, 0.2) is 30.3 Å². The molecule has 0 radical (unpaired) electrons. The zero-order valence-electron chi connectivity index (χ0n) is 12.1. The molecule has 5 heteroatoms. The molecule has 0 atom stereocenters. The highest BCUT2D eigenvalue weighted by molar-refractivity contribution is 7.18. The first kappa shape index (κ1) is 15.3. The van der Waals surface area contributed by atoms with E-state index in [0.717, 1.165) is 16.0 Å². The first-order valence-electron chi connectivity index (χ1n) is 6.63. The molecule has 1 aromatic carbocycles. The van der Waals surface area contributed by atoms with Gasteiger partial charge in [-0.2, -0.15) is 0 Å². The number of amides is 1. The molecule has 0 aliphatic carbocycles. The lowest BCUT2D eigenvalue weighted by Crippen LogP contribution is -2.18. The summed E-state index contributed by atoms with van der Waals surface area (Å²) in [5.41, 5.74) is 2.45. The van der Waals surface area contributed by atoms with E-state index in [1.807, 2.05) is 31.2 Å². The molecule has 0 aliphatic heterocycles. The van der Waals surface area contributed by atoms with E-state index in [1.54, 1.807) is 19.9 Å². The second kappa shape index (κ2) is 6.10. The molecule has 21 heavy (non-hydrogen) atoms. The molecule has 0 unspecified atom stereocenters. The minimum Gasteiger partial charge on any atom is -0.477 e. The Labute approximate surface area is 127 Å². The van der Waals surface area contributed by atoms with Crippen LogP contribution in [0.25, 0.3) is 10.4 Å². The minimum atomic E-state index is -1.03. The van der Waals surface area contributed by atoms with Crippen LogP contribution in [0.3, 0.4) is 0 Å². The van der Waals surface area contributed by atoms with Gasteiger partial charge in [0.2, 0.25) is 5.91 Å². The summed E-state index contributed by atoms with van der Waals surface area (Å²) in [6.07, 6.45) is 0. The average molecular weight is 303 g/mol. The third kappa shape index (κ3) is 3.49. The number of carbonyl (C=O) groups is 2. The molecule has 1 aromatic heterocycles. The quantitative estimate of drug-likeness (QED) is 0.896. The fourth-order valence-electron chi connectivity index (χ4n) is 1.78. The zero-order chi connectivity index (χ0) is 15.6. The van der Waals surface area contributed by atoms with Gasteiger partial charge in [0, 0.05) is 10.8 Å². The fourth-order valence-corrected chi connectivity index (χ4v) is 2.74. The van der Waals surface area contributed by atoms with Gasteiger partial charge in [0.1, 0.15) is 4.88 Å². The number of aryl methyl sites for hydroxylation is 1. The summed E-state index contributed by atoms with van der Waals surface area (Å²) in [5.74, 6) is -1.42. The van der Waals surface area contributed by atoms with E-state index in [-0.39, 0.29) is 16.7 Å². The average Bonchev–Trinajstić information content (AvgIpc) is 2.83. The van der Waals surface area contributed by atoms with Gasteiger partial charge in [-0.25, -0.2) is 4.79 Å². The molecule has 110 valence electrons. The van der Waals surface area contributed by atoms with Gasteiger partial charge in [-0.15, -0.1) is 11.3 Å². The van der Waals surface area contributed by atoms with Crippen LogP contribution in [0, 0.1) is 12.8 Å². The summed E-state index contributed by atoms with van der Waals surface area (Å²) in [4.78, 5) is 24.1. The number of nitrogens with one attached hydrogen (secondary N) is 1. The summed E-state index contributed by atoms with van der Waals surface area (Å²) < 4.78 is 0. The van der Waals surface area contributed by atoms with Crippen molar-refractivity contribution in [3.8, 4) is 10.4 Å². The standard InChI is InChI=1S/C16H17NO3S/c1-9(2)15(18)17-12-8-13(21-14(12)16(19)20)11-6-4-10(3)5-7-11/h4-9H,1-3H3,(H,17,18)(H,19,20). The number of carboxylic acids is 1. The first-order valence-corrected chi connectivity index (χ1v) is 7.45. The van der Waals surface area contributed by atoms with Crippen LogP contribution in [0.2, 0.25) is 0 Å². The predicted molar refractivity (Wildman–Crippen MR) is 84.9 cm³/mol. The number of carbonyl (C=O) groups excluding carboxylic acids is 1. The largest absolute Gasteiger partial charge is 0.477 e. The molecule has 0 fully saturated rings. The Hall–Kier alpha value is -2.14. The lowest BCUT2D eigenvalue weighted by molar-refractivity contribution is -0.118. The van der Waals surface area contributed by atoms with E-state index in [2.05, 4.69) is 5.32 Å². The van der Waals surface area contributed by atoms with Crippen molar-refractivity contribution in [3.63, 3.8) is 0 Å². The van der Waals surface area contributed by atoms with Gasteiger partial charge in [-0.05, 0) is 18.6 Å². The van der Waals surface area contributed by atoms with Crippen molar-refractivity contribution < 1.29 is 14.7 Å². The number of aromatic carboxylic acids is 1. The number of anilines is 1. The Kier molecular flexibility index (Phi) is 4.43. The van der Waals surface area contributed by atoms with E-state index in [4.69, 9.17) is 0 Å². The van der Waals surface area contributed by atoms with Crippen LogP contribution in [-0.2, 0) is 4.79 Å². The van der Waals surface area contributed by atoms with Crippen LogP contribution in [0.5, 0.6) is 0 Å². The van der Waals surface area contributed by atoms with E-state index < -0.39 is 5.97 Å². The number of benzene rings is 1. The number of hydrogen-bond donors (Lipinski definition) is 2. The van der Waals surface area contributed by atoms with Crippen molar-refractivity contribution in [1.29, 1.82) is 0 Å².